The summed E-state index contributed by atoms with van der Waals surface area (Å²) in [4.78, 5) is 12.2. The molecular formula is C21H23N3O3. The number of nitriles is 1. The van der Waals surface area contributed by atoms with Crippen molar-refractivity contribution < 1.29 is 14.3 Å². The molecule has 6 heteroatoms. The van der Waals surface area contributed by atoms with Crippen molar-refractivity contribution in [2.24, 2.45) is 0 Å². The lowest BCUT2D eigenvalue weighted by molar-refractivity contribution is 0.141. The predicted molar refractivity (Wildman–Crippen MR) is 103 cm³/mol. The van der Waals surface area contributed by atoms with E-state index in [0.29, 0.717) is 5.56 Å². The first-order valence-corrected chi connectivity index (χ1v) is 9.04. The third kappa shape index (κ3) is 5.38. The smallest absolute Gasteiger partial charge is 0.319 e. The second-order valence-corrected chi connectivity index (χ2v) is 6.55. The lowest BCUT2D eigenvalue weighted by Gasteiger charge is -2.29. The number of hydrogen-bond donors (Lipinski definition) is 2. The number of methoxy groups -OCH3 is 1. The summed E-state index contributed by atoms with van der Waals surface area (Å²) in [6.45, 7) is 0. The Bertz CT molecular complexity index is 789. The topological polar surface area (TPSA) is 83.4 Å². The van der Waals surface area contributed by atoms with Crippen LogP contribution in [0.3, 0.4) is 0 Å². The number of carbonyl (C=O) groups excluding carboxylic acids is 1. The van der Waals surface area contributed by atoms with E-state index in [2.05, 4.69) is 16.7 Å². The van der Waals surface area contributed by atoms with Crippen molar-refractivity contribution in [3.05, 3.63) is 54.1 Å². The summed E-state index contributed by atoms with van der Waals surface area (Å²) in [6, 6.07) is 16.4. The zero-order chi connectivity index (χ0) is 19.1. The Kier molecular flexibility index (Phi) is 6.16. The van der Waals surface area contributed by atoms with Crippen LogP contribution in [0.4, 0.5) is 10.5 Å². The fourth-order valence-electron chi connectivity index (χ4n) is 3.15. The molecule has 1 fully saturated rings. The largest absolute Gasteiger partial charge is 0.497 e. The van der Waals surface area contributed by atoms with Gasteiger partial charge in [0.25, 0.3) is 0 Å². The molecule has 0 bridgehead atoms. The summed E-state index contributed by atoms with van der Waals surface area (Å²) in [5.41, 5.74) is 1.35. The lowest BCUT2D eigenvalue weighted by atomic mass is 9.93. The molecule has 0 heterocycles. The average Bonchev–Trinajstić information content (AvgIpc) is 2.70. The molecule has 2 N–H and O–H groups in total. The minimum atomic E-state index is -0.198. The van der Waals surface area contributed by atoms with E-state index in [0.717, 1.165) is 42.9 Å². The molecule has 2 amide bonds. The molecule has 27 heavy (non-hydrogen) atoms. The molecule has 2 aromatic rings. The first kappa shape index (κ1) is 18.6. The van der Waals surface area contributed by atoms with Crippen molar-refractivity contribution in [2.45, 2.75) is 37.8 Å². The highest BCUT2D eigenvalue weighted by atomic mass is 16.5. The van der Waals surface area contributed by atoms with Gasteiger partial charge in [-0.1, -0.05) is 0 Å². The Labute approximate surface area is 159 Å². The van der Waals surface area contributed by atoms with Gasteiger partial charge in [0.05, 0.1) is 24.8 Å². The van der Waals surface area contributed by atoms with Crippen molar-refractivity contribution in [1.29, 1.82) is 5.26 Å². The number of urea groups is 1. The number of amides is 2. The minimum absolute atomic E-state index is 0.139. The zero-order valence-electron chi connectivity index (χ0n) is 15.3. The Morgan fingerprint density at radius 1 is 1.00 bits per heavy atom. The first-order valence-electron chi connectivity index (χ1n) is 9.04. The average molecular weight is 365 g/mol. The van der Waals surface area contributed by atoms with Gasteiger partial charge in [0.2, 0.25) is 0 Å². The van der Waals surface area contributed by atoms with E-state index < -0.39 is 0 Å². The zero-order valence-corrected chi connectivity index (χ0v) is 15.3. The maximum Gasteiger partial charge on any atom is 0.319 e. The van der Waals surface area contributed by atoms with Gasteiger partial charge in [-0.2, -0.15) is 5.26 Å². The molecule has 0 atom stereocenters. The highest BCUT2D eigenvalue weighted by molar-refractivity contribution is 5.89. The number of carbonyl (C=O) groups is 1. The van der Waals surface area contributed by atoms with Crippen molar-refractivity contribution in [2.75, 3.05) is 12.4 Å². The number of nitrogens with zero attached hydrogens (tertiary/aromatic N) is 1. The van der Waals surface area contributed by atoms with Gasteiger partial charge in [-0.25, -0.2) is 4.79 Å². The van der Waals surface area contributed by atoms with Crippen LogP contribution in [0, 0.1) is 11.3 Å². The molecule has 0 unspecified atom stereocenters. The maximum absolute atomic E-state index is 12.2. The Hall–Kier alpha value is -3.20. The summed E-state index contributed by atoms with van der Waals surface area (Å²) in [6.07, 6.45) is 3.65. The molecule has 140 valence electrons. The standard InChI is InChI=1S/C21H23N3O3/c1-26-18-10-4-16(5-11-18)23-21(25)24-17-6-12-20(13-7-17)27-19-8-2-15(14-22)3-9-19/h2-5,8-11,17,20H,6-7,12-13H2,1H3,(H2,23,24,25)/t17-,20-. The van der Waals surface area contributed by atoms with Crippen molar-refractivity contribution in [3.63, 3.8) is 0 Å². The number of rotatable bonds is 5. The van der Waals surface area contributed by atoms with Gasteiger partial charge in [0.15, 0.2) is 0 Å². The minimum Gasteiger partial charge on any atom is -0.497 e. The number of anilines is 1. The molecule has 6 nitrogen and oxygen atoms in total. The molecule has 0 spiro atoms. The summed E-state index contributed by atoms with van der Waals surface area (Å²) >= 11 is 0. The third-order valence-electron chi connectivity index (χ3n) is 4.64. The predicted octanol–water partition coefficient (Wildman–Crippen LogP) is 4.08. The van der Waals surface area contributed by atoms with E-state index in [-0.39, 0.29) is 18.2 Å². The second kappa shape index (κ2) is 8.95. The Morgan fingerprint density at radius 2 is 1.63 bits per heavy atom. The van der Waals surface area contributed by atoms with Gasteiger partial charge in [0.1, 0.15) is 11.5 Å². The van der Waals surface area contributed by atoms with E-state index in [1.807, 2.05) is 12.1 Å². The molecule has 0 radical (unpaired) electrons. The van der Waals surface area contributed by atoms with E-state index >= 15 is 0 Å². The molecule has 0 saturated heterocycles. The Balaban J connectivity index is 1.41. The summed E-state index contributed by atoms with van der Waals surface area (Å²) in [5.74, 6) is 1.53. The van der Waals surface area contributed by atoms with Crippen LogP contribution in [0.15, 0.2) is 48.5 Å². The van der Waals surface area contributed by atoms with Crippen molar-refractivity contribution in [1.82, 2.24) is 5.32 Å². The fourth-order valence-corrected chi connectivity index (χ4v) is 3.15. The summed E-state index contributed by atoms with van der Waals surface area (Å²) in [7, 11) is 1.61. The van der Waals surface area contributed by atoms with Crippen LogP contribution in [-0.2, 0) is 0 Å². The van der Waals surface area contributed by atoms with Gasteiger partial charge >= 0.3 is 6.03 Å². The number of hydrogen-bond acceptors (Lipinski definition) is 4. The number of nitrogens with one attached hydrogen (secondary N) is 2. The molecule has 3 rings (SSSR count). The van der Waals surface area contributed by atoms with Crippen LogP contribution in [0.25, 0.3) is 0 Å². The van der Waals surface area contributed by atoms with Crippen LogP contribution < -0.4 is 20.1 Å². The van der Waals surface area contributed by atoms with E-state index in [1.165, 1.54) is 0 Å². The normalized spacial score (nSPS) is 18.8. The quantitative estimate of drug-likeness (QED) is 0.836. The third-order valence-corrected chi connectivity index (χ3v) is 4.64. The van der Waals surface area contributed by atoms with Gasteiger partial charge in [-0.05, 0) is 74.2 Å². The van der Waals surface area contributed by atoms with E-state index in [4.69, 9.17) is 14.7 Å². The van der Waals surface area contributed by atoms with Crippen LogP contribution in [0.2, 0.25) is 0 Å². The van der Waals surface area contributed by atoms with Crippen molar-refractivity contribution >= 4 is 11.7 Å². The monoisotopic (exact) mass is 365 g/mol. The van der Waals surface area contributed by atoms with Gasteiger partial charge in [0, 0.05) is 11.7 Å². The first-order chi connectivity index (χ1) is 13.2. The second-order valence-electron chi connectivity index (χ2n) is 6.55. The van der Waals surface area contributed by atoms with Crippen LogP contribution in [-0.4, -0.2) is 25.3 Å². The van der Waals surface area contributed by atoms with Crippen LogP contribution in [0.5, 0.6) is 11.5 Å². The molecule has 1 aliphatic rings. The maximum atomic E-state index is 12.2. The van der Waals surface area contributed by atoms with Gasteiger partial charge < -0.3 is 20.1 Å². The van der Waals surface area contributed by atoms with E-state index in [1.54, 1.807) is 43.5 Å². The molecule has 0 aliphatic heterocycles. The lowest BCUT2D eigenvalue weighted by Crippen LogP contribution is -2.41. The number of ether oxygens (including phenoxy) is 2. The highest BCUT2D eigenvalue weighted by Gasteiger charge is 2.23. The van der Waals surface area contributed by atoms with Gasteiger partial charge in [-0.3, -0.25) is 0 Å². The van der Waals surface area contributed by atoms with E-state index in [9.17, 15) is 4.79 Å². The molecule has 1 aliphatic carbocycles. The Morgan fingerprint density at radius 3 is 2.22 bits per heavy atom. The molecular weight excluding hydrogens is 342 g/mol. The SMILES string of the molecule is COc1ccc(NC(=O)N[C@H]2CC[C@H](Oc3ccc(C#N)cc3)CC2)cc1. The summed E-state index contributed by atoms with van der Waals surface area (Å²) < 4.78 is 11.1. The highest BCUT2D eigenvalue weighted by Crippen LogP contribution is 2.24. The number of benzene rings is 2. The molecule has 1 saturated carbocycles. The summed E-state index contributed by atoms with van der Waals surface area (Å²) in [5, 5.41) is 14.7. The van der Waals surface area contributed by atoms with Crippen LogP contribution >= 0.6 is 0 Å². The fraction of sp³-hybridized carbons (Fsp3) is 0.333. The van der Waals surface area contributed by atoms with Crippen LogP contribution in [0.1, 0.15) is 31.2 Å². The van der Waals surface area contributed by atoms with Gasteiger partial charge in [-0.15, -0.1) is 0 Å². The van der Waals surface area contributed by atoms with Crippen molar-refractivity contribution in [3.8, 4) is 17.6 Å². The molecule has 2 aromatic carbocycles. The molecule has 0 aromatic heterocycles.